The zero-order valence-electron chi connectivity index (χ0n) is 13.2. The molecule has 6 heteroatoms. The van der Waals surface area contributed by atoms with Gasteiger partial charge in [-0.1, -0.05) is 6.92 Å². The average molecular weight is 294 g/mol. The molecule has 0 aromatic carbocycles. The summed E-state index contributed by atoms with van der Waals surface area (Å²) in [5, 5.41) is 10.3. The van der Waals surface area contributed by atoms with E-state index < -0.39 is 6.10 Å². The molecule has 0 bridgehead atoms. The molecule has 118 valence electrons. The Morgan fingerprint density at radius 2 is 2.10 bits per heavy atom. The number of rotatable bonds is 6. The zero-order chi connectivity index (χ0) is 15.2. The Labute approximate surface area is 126 Å². The largest absolute Gasteiger partial charge is 0.390 e. The monoisotopic (exact) mass is 294 g/mol. The topological polar surface area (TPSA) is 61.7 Å². The van der Waals surface area contributed by atoms with E-state index in [1.54, 1.807) is 0 Å². The van der Waals surface area contributed by atoms with Crippen molar-refractivity contribution < 1.29 is 9.84 Å². The van der Waals surface area contributed by atoms with Gasteiger partial charge in [-0.05, 0) is 13.3 Å². The van der Waals surface area contributed by atoms with Crippen LogP contribution in [-0.2, 0) is 11.2 Å². The number of anilines is 1. The third kappa shape index (κ3) is 4.91. The number of hydrogen-bond acceptors (Lipinski definition) is 6. The first kappa shape index (κ1) is 16.1. The molecule has 1 unspecified atom stereocenters. The Kier molecular flexibility index (Phi) is 5.90. The molecule has 6 nitrogen and oxygen atoms in total. The molecule has 1 saturated heterocycles. The van der Waals surface area contributed by atoms with Crippen molar-refractivity contribution in [2.75, 3.05) is 51.3 Å². The number of hydrogen-bond donors (Lipinski definition) is 1. The van der Waals surface area contributed by atoms with Crippen molar-refractivity contribution in [2.24, 2.45) is 0 Å². The fraction of sp³-hybridized carbons (Fsp3) is 0.733. The molecule has 1 aromatic rings. The average Bonchev–Trinajstić information content (AvgIpc) is 2.47. The first-order valence-electron chi connectivity index (χ1n) is 7.62. The SMILES string of the molecule is CCc1cc(N(C)CC(O)CN2CCOCC2)nc(C)n1. The van der Waals surface area contributed by atoms with Crippen molar-refractivity contribution in [3.8, 4) is 0 Å². The van der Waals surface area contributed by atoms with Crippen LogP contribution in [0.25, 0.3) is 0 Å². The lowest BCUT2D eigenvalue weighted by Crippen LogP contribution is -2.44. The van der Waals surface area contributed by atoms with Crippen LogP contribution in [-0.4, -0.2) is 72.5 Å². The minimum absolute atomic E-state index is 0.395. The van der Waals surface area contributed by atoms with E-state index in [-0.39, 0.29) is 0 Å². The highest BCUT2D eigenvalue weighted by molar-refractivity contribution is 5.39. The normalized spacial score (nSPS) is 17.7. The predicted molar refractivity (Wildman–Crippen MR) is 82.7 cm³/mol. The highest BCUT2D eigenvalue weighted by Crippen LogP contribution is 2.12. The van der Waals surface area contributed by atoms with Crippen molar-refractivity contribution in [1.82, 2.24) is 14.9 Å². The Morgan fingerprint density at radius 3 is 2.76 bits per heavy atom. The number of ether oxygens (including phenoxy) is 1. The van der Waals surface area contributed by atoms with Crippen LogP contribution in [0.15, 0.2) is 6.07 Å². The summed E-state index contributed by atoms with van der Waals surface area (Å²) in [6.45, 7) is 8.54. The molecule has 21 heavy (non-hydrogen) atoms. The van der Waals surface area contributed by atoms with Gasteiger partial charge in [-0.25, -0.2) is 9.97 Å². The fourth-order valence-corrected chi connectivity index (χ4v) is 2.54. The third-order valence-electron chi connectivity index (χ3n) is 3.69. The Bertz CT molecular complexity index is 449. The van der Waals surface area contributed by atoms with E-state index in [4.69, 9.17) is 4.74 Å². The van der Waals surface area contributed by atoms with E-state index in [1.807, 2.05) is 24.9 Å². The molecule has 0 spiro atoms. The summed E-state index contributed by atoms with van der Waals surface area (Å²) >= 11 is 0. The molecular formula is C15H26N4O2. The van der Waals surface area contributed by atoms with Gasteiger partial charge in [0.1, 0.15) is 11.6 Å². The zero-order valence-corrected chi connectivity index (χ0v) is 13.2. The van der Waals surface area contributed by atoms with Crippen molar-refractivity contribution in [3.63, 3.8) is 0 Å². The molecule has 2 heterocycles. The van der Waals surface area contributed by atoms with Gasteiger partial charge in [-0.2, -0.15) is 0 Å². The van der Waals surface area contributed by atoms with E-state index >= 15 is 0 Å². The molecule has 0 amide bonds. The summed E-state index contributed by atoms with van der Waals surface area (Å²) < 4.78 is 5.32. The summed E-state index contributed by atoms with van der Waals surface area (Å²) in [6.07, 6.45) is 0.494. The smallest absolute Gasteiger partial charge is 0.132 e. The molecule has 1 aliphatic rings. The predicted octanol–water partition coefficient (Wildman–Crippen LogP) is 0.477. The molecule has 0 saturated carbocycles. The van der Waals surface area contributed by atoms with Crippen molar-refractivity contribution >= 4 is 5.82 Å². The molecule has 2 rings (SSSR count). The van der Waals surface area contributed by atoms with E-state index in [9.17, 15) is 5.11 Å². The summed E-state index contributed by atoms with van der Waals surface area (Å²) in [7, 11) is 1.96. The Balaban J connectivity index is 1.90. The second-order valence-corrected chi connectivity index (χ2v) is 5.57. The van der Waals surface area contributed by atoms with Crippen LogP contribution in [0.2, 0.25) is 0 Å². The summed E-state index contributed by atoms with van der Waals surface area (Å²) in [6, 6.07) is 1.99. The third-order valence-corrected chi connectivity index (χ3v) is 3.69. The van der Waals surface area contributed by atoms with Crippen LogP contribution >= 0.6 is 0 Å². The van der Waals surface area contributed by atoms with Crippen LogP contribution in [0.1, 0.15) is 18.4 Å². The van der Waals surface area contributed by atoms with Crippen molar-refractivity contribution in [2.45, 2.75) is 26.4 Å². The van der Waals surface area contributed by atoms with Gasteiger partial charge in [-0.3, -0.25) is 4.90 Å². The fourth-order valence-electron chi connectivity index (χ4n) is 2.54. The molecule has 1 aromatic heterocycles. The van der Waals surface area contributed by atoms with Crippen molar-refractivity contribution in [3.05, 3.63) is 17.6 Å². The molecule has 0 radical (unpaired) electrons. The lowest BCUT2D eigenvalue weighted by molar-refractivity contribution is 0.0162. The van der Waals surface area contributed by atoms with Gasteiger partial charge in [0.15, 0.2) is 0 Å². The van der Waals surface area contributed by atoms with Gasteiger partial charge in [0.05, 0.1) is 19.3 Å². The molecule has 1 N–H and O–H groups in total. The van der Waals surface area contributed by atoms with E-state index in [2.05, 4.69) is 21.8 Å². The van der Waals surface area contributed by atoms with Gasteiger partial charge in [-0.15, -0.1) is 0 Å². The highest BCUT2D eigenvalue weighted by Gasteiger charge is 2.17. The van der Waals surface area contributed by atoms with Gasteiger partial charge in [0, 0.05) is 45.0 Å². The molecule has 1 aliphatic heterocycles. The maximum atomic E-state index is 10.3. The first-order chi connectivity index (χ1) is 10.1. The van der Waals surface area contributed by atoms with E-state index in [1.165, 1.54) is 0 Å². The molecule has 0 aliphatic carbocycles. The van der Waals surface area contributed by atoms with Crippen LogP contribution in [0.5, 0.6) is 0 Å². The number of likely N-dealkylation sites (N-methyl/N-ethyl adjacent to an activating group) is 1. The van der Waals surface area contributed by atoms with Gasteiger partial charge in [0.25, 0.3) is 0 Å². The Hall–Kier alpha value is -1.24. The van der Waals surface area contributed by atoms with E-state index in [0.29, 0.717) is 13.1 Å². The van der Waals surface area contributed by atoms with Gasteiger partial charge >= 0.3 is 0 Å². The number of nitrogens with zero attached hydrogens (tertiary/aromatic N) is 4. The lowest BCUT2D eigenvalue weighted by Gasteiger charge is -2.30. The van der Waals surface area contributed by atoms with Gasteiger partial charge in [0.2, 0.25) is 0 Å². The number of aliphatic hydroxyl groups excluding tert-OH is 1. The summed E-state index contributed by atoms with van der Waals surface area (Å²) in [4.78, 5) is 13.1. The maximum Gasteiger partial charge on any atom is 0.132 e. The Morgan fingerprint density at radius 1 is 1.38 bits per heavy atom. The number of aryl methyl sites for hydroxylation is 2. The quantitative estimate of drug-likeness (QED) is 0.823. The number of β-amino-alcohol motifs (C(OH)–C–C–N with tert-alkyl or cyclic N) is 1. The van der Waals surface area contributed by atoms with Gasteiger partial charge < -0.3 is 14.7 Å². The van der Waals surface area contributed by atoms with Crippen LogP contribution in [0, 0.1) is 6.92 Å². The maximum absolute atomic E-state index is 10.3. The standard InChI is InChI=1S/C15H26N4O2/c1-4-13-9-15(17-12(2)16-13)18(3)10-14(20)11-19-5-7-21-8-6-19/h9,14,20H,4-8,10-11H2,1-3H3. The van der Waals surface area contributed by atoms with Crippen LogP contribution in [0.4, 0.5) is 5.82 Å². The lowest BCUT2D eigenvalue weighted by atomic mass is 10.2. The molecule has 1 fully saturated rings. The second kappa shape index (κ2) is 7.68. The van der Waals surface area contributed by atoms with E-state index in [0.717, 1.165) is 50.1 Å². The minimum atomic E-state index is -0.395. The minimum Gasteiger partial charge on any atom is -0.390 e. The van der Waals surface area contributed by atoms with Crippen molar-refractivity contribution in [1.29, 1.82) is 0 Å². The molecule has 1 atom stereocenters. The first-order valence-corrected chi connectivity index (χ1v) is 7.62. The van der Waals surface area contributed by atoms with Crippen LogP contribution in [0.3, 0.4) is 0 Å². The number of aromatic nitrogens is 2. The summed E-state index contributed by atoms with van der Waals surface area (Å²) in [5.74, 6) is 1.65. The number of morpholine rings is 1. The number of aliphatic hydroxyl groups is 1. The van der Waals surface area contributed by atoms with Crippen LogP contribution < -0.4 is 4.90 Å². The highest BCUT2D eigenvalue weighted by atomic mass is 16.5. The molecular weight excluding hydrogens is 268 g/mol. The second-order valence-electron chi connectivity index (χ2n) is 5.57. The summed E-state index contributed by atoms with van der Waals surface area (Å²) in [5.41, 5.74) is 1.03.